The molecule has 0 amide bonds. The predicted molar refractivity (Wildman–Crippen MR) is 34.2 cm³/mol. The van der Waals surface area contributed by atoms with Gasteiger partial charge in [-0.25, -0.2) is 0 Å². The van der Waals surface area contributed by atoms with Crippen LogP contribution in [-0.2, 0) is 19.0 Å². The van der Waals surface area contributed by atoms with Gasteiger partial charge in [-0.05, 0) is 0 Å². The van der Waals surface area contributed by atoms with Gasteiger partial charge in [0, 0.05) is 6.92 Å². The fourth-order valence-electron chi connectivity index (χ4n) is 0.540. The van der Waals surface area contributed by atoms with Gasteiger partial charge in [-0.2, -0.15) is 0 Å². The van der Waals surface area contributed by atoms with E-state index in [4.69, 9.17) is 9.47 Å². The molecule has 1 heterocycles. The fourth-order valence-corrected chi connectivity index (χ4v) is 0.540. The first kappa shape index (κ1) is 9.39. The van der Waals surface area contributed by atoms with Crippen LogP contribution in [0.2, 0.25) is 0 Å². The highest BCUT2D eigenvalue weighted by atomic mass is 16.9. The molecule has 4 heteroatoms. The van der Waals surface area contributed by atoms with E-state index in [-0.39, 0.29) is 13.4 Å². The van der Waals surface area contributed by atoms with Crippen LogP contribution < -0.4 is 0 Å². The molecule has 0 radical (unpaired) electrons. The van der Waals surface area contributed by atoms with Gasteiger partial charge in [-0.15, -0.1) is 0 Å². The maximum atomic E-state index is 10.2. The van der Waals surface area contributed by atoms with Crippen LogP contribution in [0.3, 0.4) is 0 Å². The number of carbonyl (C=O) groups excluding carboxylic acids is 1. The van der Waals surface area contributed by atoms with E-state index in [1.54, 1.807) is 0 Å². The summed E-state index contributed by atoms with van der Waals surface area (Å²) >= 11 is 0. The van der Waals surface area contributed by atoms with Gasteiger partial charge in [-0.3, -0.25) is 4.79 Å². The summed E-state index contributed by atoms with van der Waals surface area (Å²) in [5, 5.41) is 0. The molecule has 4 nitrogen and oxygen atoms in total. The third-order valence-corrected chi connectivity index (χ3v) is 0.853. The van der Waals surface area contributed by atoms with Crippen molar-refractivity contribution in [2.24, 2.45) is 0 Å². The molecule has 60 valence electrons. The summed E-state index contributed by atoms with van der Waals surface area (Å²) in [4.78, 5) is 10.2. The minimum Gasteiger partial charge on any atom is -0.410 e. The van der Waals surface area contributed by atoms with Crippen molar-refractivity contribution in [3.8, 4) is 0 Å². The summed E-state index contributed by atoms with van der Waals surface area (Å²) in [6, 6.07) is 0. The van der Waals surface area contributed by atoms with E-state index >= 15 is 0 Å². The molecular weight excluding hydrogens is 136 g/mol. The van der Waals surface area contributed by atoms with Crippen LogP contribution in [0.1, 0.15) is 14.4 Å². The molecule has 0 N–H and O–H groups in total. The largest absolute Gasteiger partial charge is 0.410 e. The first-order valence-electron chi connectivity index (χ1n) is 2.69. The minimum atomic E-state index is -0.762. The van der Waals surface area contributed by atoms with E-state index in [1.165, 1.54) is 6.92 Å². The number of hydrogen-bond donors (Lipinski definition) is 0. The first-order chi connectivity index (χ1) is 4.29. The zero-order chi connectivity index (χ0) is 6.69. The summed E-state index contributed by atoms with van der Waals surface area (Å²) < 4.78 is 14.1. The Morgan fingerprint density at radius 1 is 1.50 bits per heavy atom. The Balaban J connectivity index is 0.000000810. The highest BCUT2D eigenvalue weighted by Crippen LogP contribution is 2.04. The van der Waals surface area contributed by atoms with Gasteiger partial charge in [0.05, 0.1) is 13.2 Å². The van der Waals surface area contributed by atoms with Gasteiger partial charge in [0.2, 0.25) is 0 Å². The normalized spacial score (nSPS) is 18.1. The lowest BCUT2D eigenvalue weighted by molar-refractivity contribution is -0.225. The third-order valence-electron chi connectivity index (χ3n) is 0.853. The van der Waals surface area contributed by atoms with Crippen molar-refractivity contribution in [3.63, 3.8) is 0 Å². The molecule has 10 heavy (non-hydrogen) atoms. The zero-order valence-electron chi connectivity index (χ0n) is 5.12. The second-order valence-electron chi connectivity index (χ2n) is 1.64. The number of hydrogen-bond acceptors (Lipinski definition) is 4. The molecule has 1 aliphatic rings. The van der Waals surface area contributed by atoms with Crippen molar-refractivity contribution in [2.75, 3.05) is 13.2 Å². The highest BCUT2D eigenvalue weighted by Gasteiger charge is 2.17. The van der Waals surface area contributed by atoms with Gasteiger partial charge in [0.25, 0.3) is 0 Å². The van der Waals surface area contributed by atoms with Crippen molar-refractivity contribution in [2.45, 2.75) is 20.8 Å². The van der Waals surface area contributed by atoms with Crippen molar-refractivity contribution < 1.29 is 19.0 Å². The molecule has 1 saturated heterocycles. The Bertz CT molecular complexity index is 106. The number of esters is 1. The Morgan fingerprint density at radius 3 is 2.40 bits per heavy atom. The molecule has 0 saturated carbocycles. The Kier molecular flexibility index (Phi) is 3.99. The molecule has 1 fully saturated rings. The van der Waals surface area contributed by atoms with Gasteiger partial charge >= 0.3 is 12.4 Å². The molecule has 1 aliphatic heterocycles. The average Bonchev–Trinajstić information content (AvgIpc) is 2.15. The van der Waals surface area contributed by atoms with Gasteiger partial charge < -0.3 is 14.2 Å². The van der Waals surface area contributed by atoms with Crippen molar-refractivity contribution in [3.05, 3.63) is 0 Å². The summed E-state index contributed by atoms with van der Waals surface area (Å²) in [5.41, 5.74) is 0. The van der Waals surface area contributed by atoms with Crippen molar-refractivity contribution in [1.29, 1.82) is 0 Å². The topological polar surface area (TPSA) is 44.8 Å². The molecule has 0 atom stereocenters. The first-order valence-corrected chi connectivity index (χ1v) is 2.69. The lowest BCUT2D eigenvalue weighted by Gasteiger charge is -2.06. The monoisotopic (exact) mass is 148 g/mol. The van der Waals surface area contributed by atoms with E-state index < -0.39 is 6.48 Å². The van der Waals surface area contributed by atoms with E-state index in [0.717, 1.165) is 0 Å². The Hall–Kier alpha value is -0.610. The second-order valence-corrected chi connectivity index (χ2v) is 1.64. The van der Waals surface area contributed by atoms with E-state index in [9.17, 15) is 4.79 Å². The van der Waals surface area contributed by atoms with Crippen LogP contribution in [0.5, 0.6) is 0 Å². The summed E-state index contributed by atoms with van der Waals surface area (Å²) in [7, 11) is 0. The minimum absolute atomic E-state index is 0. The molecule has 0 bridgehead atoms. The fraction of sp³-hybridized carbons (Fsp3) is 0.833. The average molecular weight is 148 g/mol. The lowest BCUT2D eigenvalue weighted by atomic mass is 10.8. The molecule has 0 aromatic carbocycles. The molecular formula is C6H12O4. The Labute approximate surface area is 60.1 Å². The smallest absolute Gasteiger partial charge is 0.318 e. The molecule has 0 unspecified atom stereocenters. The van der Waals surface area contributed by atoms with E-state index in [0.29, 0.717) is 13.2 Å². The summed E-state index contributed by atoms with van der Waals surface area (Å²) in [5.74, 6) is -0.387. The molecule has 0 aliphatic carbocycles. The second kappa shape index (κ2) is 4.24. The van der Waals surface area contributed by atoms with Gasteiger partial charge in [0.1, 0.15) is 0 Å². The van der Waals surface area contributed by atoms with Crippen LogP contribution in [0.25, 0.3) is 0 Å². The molecule has 1 rings (SSSR count). The summed E-state index contributed by atoms with van der Waals surface area (Å²) in [6.45, 7) is 1.54. The number of ether oxygens (including phenoxy) is 3. The van der Waals surface area contributed by atoms with Crippen molar-refractivity contribution >= 4 is 5.97 Å². The van der Waals surface area contributed by atoms with Crippen LogP contribution in [0.4, 0.5) is 0 Å². The predicted octanol–water partition coefficient (Wildman–Crippen LogP) is 0.516. The maximum absolute atomic E-state index is 10.2. The maximum Gasteiger partial charge on any atom is 0.318 e. The van der Waals surface area contributed by atoms with Crippen LogP contribution in [-0.4, -0.2) is 25.7 Å². The summed E-state index contributed by atoms with van der Waals surface area (Å²) in [6.07, 6.45) is 0. The quantitative estimate of drug-likeness (QED) is 0.508. The standard InChI is InChI=1S/C5H8O4.CH4/c1-4(6)9-5-7-2-3-8-5;/h5H,2-3H2,1H3;1H4. The molecule has 0 aromatic heterocycles. The third kappa shape index (κ3) is 2.80. The SMILES string of the molecule is C.CC(=O)OC1OCCO1. The van der Waals surface area contributed by atoms with Crippen LogP contribution in [0, 0.1) is 0 Å². The van der Waals surface area contributed by atoms with Crippen LogP contribution >= 0.6 is 0 Å². The van der Waals surface area contributed by atoms with E-state index in [1.807, 2.05) is 0 Å². The van der Waals surface area contributed by atoms with E-state index in [2.05, 4.69) is 4.74 Å². The molecule has 0 aromatic rings. The number of rotatable bonds is 1. The molecule has 0 spiro atoms. The Morgan fingerprint density at radius 2 is 2.00 bits per heavy atom. The highest BCUT2D eigenvalue weighted by molar-refractivity contribution is 5.65. The zero-order valence-corrected chi connectivity index (χ0v) is 5.12. The number of carbonyl (C=O) groups is 1. The lowest BCUT2D eigenvalue weighted by Crippen LogP contribution is -2.15. The van der Waals surface area contributed by atoms with Gasteiger partial charge in [-0.1, -0.05) is 7.43 Å². The van der Waals surface area contributed by atoms with Crippen molar-refractivity contribution in [1.82, 2.24) is 0 Å². The van der Waals surface area contributed by atoms with Crippen LogP contribution in [0.15, 0.2) is 0 Å². The van der Waals surface area contributed by atoms with Gasteiger partial charge in [0.15, 0.2) is 0 Å².